The van der Waals surface area contributed by atoms with Gasteiger partial charge >= 0.3 is 0 Å². The zero-order valence-electron chi connectivity index (χ0n) is 15.2. The summed E-state index contributed by atoms with van der Waals surface area (Å²) in [7, 11) is 0. The van der Waals surface area contributed by atoms with Gasteiger partial charge in [-0.1, -0.05) is 37.1 Å². The van der Waals surface area contributed by atoms with Gasteiger partial charge in [0.25, 0.3) is 5.91 Å². The maximum Gasteiger partial charge on any atom is 0.273 e. The van der Waals surface area contributed by atoms with Crippen molar-refractivity contribution in [2.24, 2.45) is 0 Å². The fourth-order valence-corrected chi connectivity index (χ4v) is 5.34. The average molecular weight is 375 g/mol. The van der Waals surface area contributed by atoms with Crippen LogP contribution >= 0.6 is 23.1 Å². The molecule has 1 amide bonds. The molecule has 0 N–H and O–H groups in total. The predicted molar refractivity (Wildman–Crippen MR) is 109 cm³/mol. The largest absolute Gasteiger partial charge is 0.336 e. The second-order valence-corrected chi connectivity index (χ2v) is 9.12. The molecule has 1 atom stereocenters. The second kappa shape index (κ2) is 8.37. The van der Waals surface area contributed by atoms with Gasteiger partial charge in [-0.15, -0.1) is 11.3 Å². The standard InChI is InChI=1S/C20H26N2OS2/c1-4-24-16-7-5-6-10-22(12-16)20(23)18-13-25-19(21-18)17-9-8-14(2)11-15(17)3/h8-9,11,13,16H,4-7,10,12H2,1-3H3. The summed E-state index contributed by atoms with van der Waals surface area (Å²) in [6.45, 7) is 8.10. The highest BCUT2D eigenvalue weighted by atomic mass is 32.2. The van der Waals surface area contributed by atoms with Crippen molar-refractivity contribution in [2.45, 2.75) is 45.3 Å². The zero-order chi connectivity index (χ0) is 17.8. The Morgan fingerprint density at radius 2 is 2.20 bits per heavy atom. The number of thioether (sulfide) groups is 1. The normalized spacial score (nSPS) is 18.2. The average Bonchev–Trinajstić information content (AvgIpc) is 2.94. The molecule has 3 rings (SSSR count). The number of likely N-dealkylation sites (tertiary alicyclic amines) is 1. The Labute approximate surface area is 158 Å². The van der Waals surface area contributed by atoms with Gasteiger partial charge in [-0.25, -0.2) is 4.98 Å². The summed E-state index contributed by atoms with van der Waals surface area (Å²) >= 11 is 3.54. The number of carbonyl (C=O) groups is 1. The fraction of sp³-hybridized carbons (Fsp3) is 0.500. The maximum atomic E-state index is 12.9. The summed E-state index contributed by atoms with van der Waals surface area (Å²) in [6.07, 6.45) is 3.53. The van der Waals surface area contributed by atoms with Crippen molar-refractivity contribution in [1.82, 2.24) is 9.88 Å². The van der Waals surface area contributed by atoms with Gasteiger partial charge in [-0.05, 0) is 38.0 Å². The molecule has 5 heteroatoms. The first-order chi connectivity index (χ1) is 12.1. The fourth-order valence-electron chi connectivity index (χ4n) is 3.37. The monoisotopic (exact) mass is 374 g/mol. The molecule has 25 heavy (non-hydrogen) atoms. The van der Waals surface area contributed by atoms with Crippen LogP contribution in [-0.2, 0) is 0 Å². The number of hydrogen-bond donors (Lipinski definition) is 0. The minimum Gasteiger partial charge on any atom is -0.336 e. The predicted octanol–water partition coefficient (Wildman–Crippen LogP) is 5.17. The van der Waals surface area contributed by atoms with Crippen LogP contribution in [-0.4, -0.2) is 39.9 Å². The smallest absolute Gasteiger partial charge is 0.273 e. The SMILES string of the molecule is CCSC1CCCCN(C(=O)c2csc(-c3ccc(C)cc3C)n2)C1. The van der Waals surface area contributed by atoms with E-state index in [0.717, 1.165) is 35.8 Å². The van der Waals surface area contributed by atoms with Gasteiger partial charge in [0.15, 0.2) is 0 Å². The molecule has 1 aliphatic heterocycles. The van der Waals surface area contributed by atoms with Gasteiger partial charge in [0.1, 0.15) is 10.7 Å². The van der Waals surface area contributed by atoms with Gasteiger partial charge in [0, 0.05) is 29.3 Å². The van der Waals surface area contributed by atoms with Crippen LogP contribution in [0.15, 0.2) is 23.6 Å². The molecular formula is C20H26N2OS2. The Hall–Kier alpha value is -1.33. The number of benzene rings is 1. The lowest BCUT2D eigenvalue weighted by Gasteiger charge is -2.23. The molecule has 0 aliphatic carbocycles. The van der Waals surface area contributed by atoms with Crippen LogP contribution in [0.3, 0.4) is 0 Å². The van der Waals surface area contributed by atoms with Crippen LogP contribution in [0.1, 0.15) is 47.8 Å². The molecule has 0 spiro atoms. The highest BCUT2D eigenvalue weighted by Crippen LogP contribution is 2.29. The van der Waals surface area contributed by atoms with Crippen LogP contribution in [0, 0.1) is 13.8 Å². The Bertz CT molecular complexity index is 741. The number of thiazole rings is 1. The molecule has 1 saturated heterocycles. The highest BCUT2D eigenvalue weighted by Gasteiger charge is 2.24. The molecule has 1 aliphatic rings. The number of aryl methyl sites for hydroxylation is 2. The second-order valence-electron chi connectivity index (χ2n) is 6.68. The van der Waals surface area contributed by atoms with Crippen molar-refractivity contribution >= 4 is 29.0 Å². The number of carbonyl (C=O) groups excluding carboxylic acids is 1. The van der Waals surface area contributed by atoms with E-state index in [1.165, 1.54) is 24.0 Å². The Morgan fingerprint density at radius 3 is 2.96 bits per heavy atom. The molecule has 1 unspecified atom stereocenters. The third-order valence-electron chi connectivity index (χ3n) is 4.65. The number of aromatic nitrogens is 1. The molecule has 0 radical (unpaired) electrons. The minimum atomic E-state index is 0.0934. The molecule has 134 valence electrons. The van der Waals surface area contributed by atoms with Gasteiger partial charge in [-0.2, -0.15) is 11.8 Å². The molecule has 2 aromatic rings. The quantitative estimate of drug-likeness (QED) is 0.740. The first-order valence-electron chi connectivity index (χ1n) is 9.02. The first kappa shape index (κ1) is 18.5. The van der Waals surface area contributed by atoms with Crippen molar-refractivity contribution in [3.05, 3.63) is 40.4 Å². The van der Waals surface area contributed by atoms with E-state index < -0.39 is 0 Å². The van der Waals surface area contributed by atoms with Crippen LogP contribution in [0.5, 0.6) is 0 Å². The van der Waals surface area contributed by atoms with Crippen molar-refractivity contribution in [1.29, 1.82) is 0 Å². The molecule has 0 saturated carbocycles. The first-order valence-corrected chi connectivity index (χ1v) is 11.0. The van der Waals surface area contributed by atoms with Crippen molar-refractivity contribution < 1.29 is 4.79 Å². The van der Waals surface area contributed by atoms with Gasteiger partial charge < -0.3 is 4.90 Å². The Morgan fingerprint density at radius 1 is 1.36 bits per heavy atom. The minimum absolute atomic E-state index is 0.0934. The third kappa shape index (κ3) is 4.45. The van der Waals surface area contributed by atoms with E-state index in [2.05, 4.69) is 44.0 Å². The number of rotatable bonds is 4. The number of nitrogens with zero attached hydrogens (tertiary/aromatic N) is 2. The lowest BCUT2D eigenvalue weighted by molar-refractivity contribution is 0.0758. The molecule has 1 fully saturated rings. The van der Waals surface area contributed by atoms with Crippen molar-refractivity contribution in [3.63, 3.8) is 0 Å². The summed E-state index contributed by atoms with van der Waals surface area (Å²) in [5, 5.41) is 3.42. The summed E-state index contributed by atoms with van der Waals surface area (Å²) in [5.74, 6) is 1.20. The summed E-state index contributed by atoms with van der Waals surface area (Å²) in [4.78, 5) is 19.6. The van der Waals surface area contributed by atoms with Gasteiger partial charge in [0.2, 0.25) is 0 Å². The lowest BCUT2D eigenvalue weighted by Crippen LogP contribution is -2.35. The van der Waals surface area contributed by atoms with E-state index in [4.69, 9.17) is 0 Å². The van der Waals surface area contributed by atoms with Crippen molar-refractivity contribution in [3.8, 4) is 10.6 Å². The van der Waals surface area contributed by atoms with E-state index in [1.54, 1.807) is 11.3 Å². The van der Waals surface area contributed by atoms with Crippen LogP contribution in [0.2, 0.25) is 0 Å². The molecule has 3 nitrogen and oxygen atoms in total. The summed E-state index contributed by atoms with van der Waals surface area (Å²) in [5.41, 5.74) is 4.19. The summed E-state index contributed by atoms with van der Waals surface area (Å²) in [6, 6.07) is 6.38. The van der Waals surface area contributed by atoms with E-state index >= 15 is 0 Å². The Kier molecular flexibility index (Phi) is 6.18. The summed E-state index contributed by atoms with van der Waals surface area (Å²) < 4.78 is 0. The molecule has 1 aromatic carbocycles. The number of amides is 1. The highest BCUT2D eigenvalue weighted by molar-refractivity contribution is 7.99. The lowest BCUT2D eigenvalue weighted by atomic mass is 10.1. The van der Waals surface area contributed by atoms with E-state index in [9.17, 15) is 4.79 Å². The number of hydrogen-bond acceptors (Lipinski definition) is 4. The maximum absolute atomic E-state index is 12.9. The topological polar surface area (TPSA) is 33.2 Å². The van der Waals surface area contributed by atoms with E-state index in [1.807, 2.05) is 22.0 Å². The van der Waals surface area contributed by atoms with Gasteiger partial charge in [0.05, 0.1) is 0 Å². The Balaban J connectivity index is 1.77. The molecule has 1 aromatic heterocycles. The van der Waals surface area contributed by atoms with Crippen LogP contribution in [0.4, 0.5) is 0 Å². The van der Waals surface area contributed by atoms with E-state index in [-0.39, 0.29) is 5.91 Å². The van der Waals surface area contributed by atoms with Crippen molar-refractivity contribution in [2.75, 3.05) is 18.8 Å². The van der Waals surface area contributed by atoms with E-state index in [0.29, 0.717) is 10.9 Å². The molecule has 2 heterocycles. The van der Waals surface area contributed by atoms with Crippen LogP contribution in [0.25, 0.3) is 10.6 Å². The van der Waals surface area contributed by atoms with Gasteiger partial charge in [-0.3, -0.25) is 4.79 Å². The van der Waals surface area contributed by atoms with Crippen LogP contribution < -0.4 is 0 Å². The molecular weight excluding hydrogens is 348 g/mol. The molecule has 0 bridgehead atoms. The third-order valence-corrected chi connectivity index (χ3v) is 6.72. The zero-order valence-corrected chi connectivity index (χ0v) is 16.9.